The molecule has 7 heteroatoms. The maximum absolute atomic E-state index is 12.3. The molecule has 6 nitrogen and oxygen atoms in total. The van der Waals surface area contributed by atoms with Crippen LogP contribution in [0.3, 0.4) is 0 Å². The average Bonchev–Trinajstić information content (AvgIpc) is 2.61. The van der Waals surface area contributed by atoms with Crippen LogP contribution >= 0.6 is 11.6 Å². The number of hydrogen-bond acceptors (Lipinski definition) is 5. The molecular formula is C17H14ClN3O3. The van der Waals surface area contributed by atoms with Gasteiger partial charge in [-0.1, -0.05) is 29.8 Å². The second-order valence-corrected chi connectivity index (χ2v) is 5.55. The SMILES string of the molecule is O=C(CCn1cnc2ccccc2c1=O)OCc1ccc(Cl)nc1. The van der Waals surface area contributed by atoms with Crippen LogP contribution in [0.15, 0.2) is 53.7 Å². The Hall–Kier alpha value is -2.73. The van der Waals surface area contributed by atoms with Gasteiger partial charge in [0.15, 0.2) is 0 Å². The molecule has 0 saturated heterocycles. The Balaban J connectivity index is 1.59. The average molecular weight is 344 g/mol. The molecule has 24 heavy (non-hydrogen) atoms. The molecule has 122 valence electrons. The van der Waals surface area contributed by atoms with E-state index in [1.165, 1.54) is 10.9 Å². The third-order valence-electron chi connectivity index (χ3n) is 3.48. The Labute approximate surface area is 142 Å². The summed E-state index contributed by atoms with van der Waals surface area (Å²) in [4.78, 5) is 32.3. The minimum absolute atomic E-state index is 0.0843. The van der Waals surface area contributed by atoms with Crippen LogP contribution in [-0.2, 0) is 22.7 Å². The van der Waals surface area contributed by atoms with Crippen LogP contribution in [0.25, 0.3) is 10.9 Å². The highest BCUT2D eigenvalue weighted by atomic mass is 35.5. The van der Waals surface area contributed by atoms with Crippen molar-refractivity contribution < 1.29 is 9.53 Å². The Morgan fingerprint density at radius 3 is 2.79 bits per heavy atom. The number of rotatable bonds is 5. The van der Waals surface area contributed by atoms with Crippen molar-refractivity contribution in [2.45, 2.75) is 19.6 Å². The number of aryl methyl sites for hydroxylation is 1. The number of carbonyl (C=O) groups excluding carboxylic acids is 1. The second kappa shape index (κ2) is 7.23. The quantitative estimate of drug-likeness (QED) is 0.526. The van der Waals surface area contributed by atoms with Crippen molar-refractivity contribution in [3.8, 4) is 0 Å². The largest absolute Gasteiger partial charge is 0.461 e. The first kappa shape index (κ1) is 16.1. The van der Waals surface area contributed by atoms with Crippen molar-refractivity contribution in [3.63, 3.8) is 0 Å². The van der Waals surface area contributed by atoms with E-state index in [1.54, 1.807) is 36.5 Å². The Kier molecular flexibility index (Phi) is 4.86. The number of aromatic nitrogens is 3. The number of pyridine rings is 1. The molecule has 3 rings (SSSR count). The van der Waals surface area contributed by atoms with Crippen LogP contribution in [0, 0.1) is 0 Å². The van der Waals surface area contributed by atoms with Crippen molar-refractivity contribution in [1.29, 1.82) is 0 Å². The minimum Gasteiger partial charge on any atom is -0.461 e. The molecule has 0 fully saturated rings. The first-order valence-corrected chi connectivity index (χ1v) is 7.71. The van der Waals surface area contributed by atoms with Gasteiger partial charge in [-0.15, -0.1) is 0 Å². The van der Waals surface area contributed by atoms with E-state index in [2.05, 4.69) is 9.97 Å². The van der Waals surface area contributed by atoms with Gasteiger partial charge in [0.2, 0.25) is 0 Å². The summed E-state index contributed by atoms with van der Waals surface area (Å²) < 4.78 is 6.57. The van der Waals surface area contributed by atoms with Crippen molar-refractivity contribution in [1.82, 2.24) is 14.5 Å². The van der Waals surface area contributed by atoms with Crippen molar-refractivity contribution in [3.05, 3.63) is 70.0 Å². The number of ether oxygens (including phenoxy) is 1. The Morgan fingerprint density at radius 2 is 2.00 bits per heavy atom. The molecule has 0 aliphatic heterocycles. The number of halogens is 1. The number of fused-ring (bicyclic) bond motifs is 1. The maximum Gasteiger partial charge on any atom is 0.307 e. The summed E-state index contributed by atoms with van der Waals surface area (Å²) in [6, 6.07) is 10.5. The predicted molar refractivity (Wildman–Crippen MR) is 89.7 cm³/mol. The zero-order valence-electron chi connectivity index (χ0n) is 12.7. The summed E-state index contributed by atoms with van der Waals surface area (Å²) in [5, 5.41) is 0.911. The van der Waals surface area contributed by atoms with Crippen LogP contribution in [0.4, 0.5) is 0 Å². The van der Waals surface area contributed by atoms with Crippen molar-refractivity contribution in [2.24, 2.45) is 0 Å². The zero-order valence-corrected chi connectivity index (χ0v) is 13.4. The third-order valence-corrected chi connectivity index (χ3v) is 3.70. The zero-order chi connectivity index (χ0) is 16.9. The number of benzene rings is 1. The van der Waals surface area contributed by atoms with Crippen LogP contribution in [0.1, 0.15) is 12.0 Å². The summed E-state index contributed by atoms with van der Waals surface area (Å²) >= 11 is 5.69. The fourth-order valence-corrected chi connectivity index (χ4v) is 2.32. The molecule has 1 aromatic carbocycles. The molecule has 0 N–H and O–H groups in total. The van der Waals surface area contributed by atoms with Crippen molar-refractivity contribution in [2.75, 3.05) is 0 Å². The van der Waals surface area contributed by atoms with Gasteiger partial charge in [-0.2, -0.15) is 0 Å². The molecule has 0 aliphatic carbocycles. The predicted octanol–water partition coefficient (Wildman–Crippen LogP) is 2.58. The topological polar surface area (TPSA) is 74.1 Å². The van der Waals surface area contributed by atoms with Crippen molar-refractivity contribution >= 4 is 28.5 Å². The molecule has 0 aliphatic rings. The lowest BCUT2D eigenvalue weighted by Crippen LogP contribution is -2.22. The minimum atomic E-state index is -0.398. The monoisotopic (exact) mass is 343 g/mol. The summed E-state index contributed by atoms with van der Waals surface area (Å²) in [6.07, 6.45) is 3.08. The molecule has 3 aromatic rings. The van der Waals surface area contributed by atoms with E-state index in [9.17, 15) is 9.59 Å². The second-order valence-electron chi connectivity index (χ2n) is 5.16. The summed E-state index contributed by atoms with van der Waals surface area (Å²) in [5.41, 5.74) is 1.21. The van der Waals surface area contributed by atoms with E-state index in [4.69, 9.17) is 16.3 Å². The van der Waals surface area contributed by atoms with Gasteiger partial charge >= 0.3 is 5.97 Å². The fourth-order valence-electron chi connectivity index (χ4n) is 2.20. The van der Waals surface area contributed by atoms with E-state index < -0.39 is 5.97 Å². The number of carbonyl (C=O) groups is 1. The first-order valence-electron chi connectivity index (χ1n) is 7.34. The van der Waals surface area contributed by atoms with Gasteiger partial charge in [-0.25, -0.2) is 9.97 Å². The molecule has 0 saturated carbocycles. The van der Waals surface area contributed by atoms with Gasteiger partial charge in [0, 0.05) is 18.3 Å². The maximum atomic E-state index is 12.3. The van der Waals surface area contributed by atoms with Gasteiger partial charge in [-0.3, -0.25) is 14.2 Å². The number of hydrogen-bond donors (Lipinski definition) is 0. The van der Waals surface area contributed by atoms with Crippen LogP contribution in [0.5, 0.6) is 0 Å². The van der Waals surface area contributed by atoms with E-state index in [0.29, 0.717) is 16.1 Å². The highest BCUT2D eigenvalue weighted by molar-refractivity contribution is 6.29. The third kappa shape index (κ3) is 3.78. The number of para-hydroxylation sites is 1. The molecule has 0 unspecified atom stereocenters. The van der Waals surface area contributed by atoms with E-state index in [0.717, 1.165) is 5.56 Å². The molecular weight excluding hydrogens is 330 g/mol. The first-order chi connectivity index (χ1) is 11.6. The highest BCUT2D eigenvalue weighted by Crippen LogP contribution is 2.07. The summed E-state index contributed by atoms with van der Waals surface area (Å²) in [6.45, 7) is 0.336. The van der Waals surface area contributed by atoms with Gasteiger partial charge in [-0.05, 0) is 18.2 Å². The van der Waals surface area contributed by atoms with E-state index in [-0.39, 0.29) is 25.1 Å². The van der Waals surface area contributed by atoms with E-state index in [1.807, 2.05) is 6.07 Å². The van der Waals surface area contributed by atoms with E-state index >= 15 is 0 Å². The van der Waals surface area contributed by atoms with Gasteiger partial charge in [0.1, 0.15) is 11.8 Å². The van der Waals surface area contributed by atoms with Gasteiger partial charge < -0.3 is 4.74 Å². The molecule has 0 atom stereocenters. The lowest BCUT2D eigenvalue weighted by molar-refractivity contribution is -0.145. The van der Waals surface area contributed by atoms with Gasteiger partial charge in [0.05, 0.1) is 23.7 Å². The summed E-state index contributed by atoms with van der Waals surface area (Å²) in [7, 11) is 0. The lowest BCUT2D eigenvalue weighted by atomic mass is 10.2. The summed E-state index contributed by atoms with van der Waals surface area (Å²) in [5.74, 6) is -0.398. The molecule has 0 bridgehead atoms. The number of nitrogens with zero attached hydrogens (tertiary/aromatic N) is 3. The van der Waals surface area contributed by atoms with Crippen LogP contribution < -0.4 is 5.56 Å². The molecule has 2 aromatic heterocycles. The number of esters is 1. The van der Waals surface area contributed by atoms with Gasteiger partial charge in [0.25, 0.3) is 5.56 Å². The van der Waals surface area contributed by atoms with Crippen LogP contribution in [0.2, 0.25) is 5.15 Å². The Bertz CT molecular complexity index is 922. The van der Waals surface area contributed by atoms with Crippen LogP contribution in [-0.4, -0.2) is 20.5 Å². The fraction of sp³-hybridized carbons (Fsp3) is 0.176. The molecule has 0 spiro atoms. The smallest absolute Gasteiger partial charge is 0.307 e. The Morgan fingerprint density at radius 1 is 1.17 bits per heavy atom. The normalized spacial score (nSPS) is 10.7. The molecule has 0 amide bonds. The standard InChI is InChI=1S/C17H14ClN3O3/c18-15-6-5-12(9-19-15)10-24-16(22)7-8-21-11-20-14-4-2-1-3-13(14)17(21)23/h1-6,9,11H,7-8,10H2. The molecule has 2 heterocycles. The lowest BCUT2D eigenvalue weighted by Gasteiger charge is -2.07. The highest BCUT2D eigenvalue weighted by Gasteiger charge is 2.07. The molecule has 0 radical (unpaired) electrons.